The number of fused-ring (bicyclic) bond motifs is 1. The molecule has 112 valence electrons. The van der Waals surface area contributed by atoms with Crippen molar-refractivity contribution in [3.63, 3.8) is 0 Å². The van der Waals surface area contributed by atoms with Gasteiger partial charge in [-0.15, -0.1) is 0 Å². The minimum absolute atomic E-state index is 0.0867. The van der Waals surface area contributed by atoms with Crippen molar-refractivity contribution >= 4 is 40.4 Å². The van der Waals surface area contributed by atoms with Crippen LogP contribution in [0.5, 0.6) is 0 Å². The number of hydrogen-bond acceptors (Lipinski definition) is 5. The zero-order valence-corrected chi connectivity index (χ0v) is 13.1. The van der Waals surface area contributed by atoms with Crippen LogP contribution in [-0.2, 0) is 9.53 Å². The third kappa shape index (κ3) is 3.33. The summed E-state index contributed by atoms with van der Waals surface area (Å²) in [5, 5.41) is 0.859. The summed E-state index contributed by atoms with van der Waals surface area (Å²) in [6, 6.07) is 5.29. The zero-order valence-electron chi connectivity index (χ0n) is 11.5. The van der Waals surface area contributed by atoms with E-state index in [4.69, 9.17) is 20.8 Å². The summed E-state index contributed by atoms with van der Waals surface area (Å²) >= 11 is 7.25. The maximum atomic E-state index is 12.3. The summed E-state index contributed by atoms with van der Waals surface area (Å²) in [7, 11) is 0. The first-order valence-corrected chi connectivity index (χ1v) is 7.98. The highest BCUT2D eigenvalue weighted by Crippen LogP contribution is 2.29. The first-order valence-electron chi connectivity index (χ1n) is 6.73. The molecule has 0 spiro atoms. The smallest absolute Gasteiger partial charge is 0.257 e. The van der Waals surface area contributed by atoms with E-state index in [0.29, 0.717) is 47.6 Å². The quantitative estimate of drug-likeness (QED) is 0.812. The Morgan fingerprint density at radius 1 is 1.43 bits per heavy atom. The van der Waals surface area contributed by atoms with Crippen molar-refractivity contribution in [1.29, 1.82) is 0 Å². The summed E-state index contributed by atoms with van der Waals surface area (Å²) in [5.41, 5.74) is 1.38. The van der Waals surface area contributed by atoms with Crippen LogP contribution in [0, 0.1) is 0 Å². The molecule has 0 aliphatic carbocycles. The predicted octanol–water partition coefficient (Wildman–Crippen LogP) is 2.82. The van der Waals surface area contributed by atoms with Crippen molar-refractivity contribution in [2.24, 2.45) is 0 Å². The number of nitrogens with zero attached hydrogens (tertiary/aromatic N) is 2. The topological polar surface area (TPSA) is 55.6 Å². The summed E-state index contributed by atoms with van der Waals surface area (Å²) in [4.78, 5) is 18.5. The molecule has 1 aliphatic rings. The first-order chi connectivity index (χ1) is 10.1. The Bertz CT molecular complexity index is 655. The second-order valence-electron chi connectivity index (χ2n) is 4.79. The molecule has 1 aromatic carbocycles. The summed E-state index contributed by atoms with van der Waals surface area (Å²) in [6.45, 7) is 4.36. The SMILES string of the molecule is CC(Sc1nc2cc(Cl)ccc2o1)C(=O)N1CCOCC1. The Hall–Kier alpha value is -1.24. The van der Waals surface area contributed by atoms with Gasteiger partial charge in [-0.1, -0.05) is 23.4 Å². The number of carbonyl (C=O) groups excluding carboxylic acids is 1. The van der Waals surface area contributed by atoms with Crippen LogP contribution in [-0.4, -0.2) is 47.3 Å². The molecule has 1 aromatic heterocycles. The molecule has 0 radical (unpaired) electrons. The number of thioether (sulfide) groups is 1. The van der Waals surface area contributed by atoms with Crippen molar-refractivity contribution in [3.05, 3.63) is 23.2 Å². The third-order valence-electron chi connectivity index (χ3n) is 3.28. The lowest BCUT2D eigenvalue weighted by molar-refractivity contribution is -0.134. The van der Waals surface area contributed by atoms with E-state index in [1.165, 1.54) is 11.8 Å². The van der Waals surface area contributed by atoms with Crippen LogP contribution in [0.15, 0.2) is 27.8 Å². The van der Waals surface area contributed by atoms with E-state index in [-0.39, 0.29) is 11.2 Å². The Labute approximate surface area is 131 Å². The van der Waals surface area contributed by atoms with Crippen molar-refractivity contribution in [1.82, 2.24) is 9.88 Å². The summed E-state index contributed by atoms with van der Waals surface area (Å²) in [5.74, 6) is 0.0867. The maximum absolute atomic E-state index is 12.3. The molecular formula is C14H15ClN2O3S. The predicted molar refractivity (Wildman–Crippen MR) is 81.7 cm³/mol. The number of aromatic nitrogens is 1. The minimum Gasteiger partial charge on any atom is -0.431 e. The monoisotopic (exact) mass is 326 g/mol. The lowest BCUT2D eigenvalue weighted by Crippen LogP contribution is -2.44. The Morgan fingerprint density at radius 2 is 2.19 bits per heavy atom. The van der Waals surface area contributed by atoms with Gasteiger partial charge < -0.3 is 14.1 Å². The standard InChI is InChI=1S/C14H15ClN2O3S/c1-9(13(18)17-4-6-19-7-5-17)21-14-16-11-8-10(15)2-3-12(11)20-14/h2-3,8-9H,4-7H2,1H3. The molecule has 1 atom stereocenters. The van der Waals surface area contributed by atoms with Gasteiger partial charge in [0.25, 0.3) is 5.22 Å². The van der Waals surface area contributed by atoms with E-state index in [9.17, 15) is 4.79 Å². The van der Waals surface area contributed by atoms with E-state index in [2.05, 4.69) is 4.98 Å². The summed E-state index contributed by atoms with van der Waals surface area (Å²) < 4.78 is 10.9. The minimum atomic E-state index is -0.244. The van der Waals surface area contributed by atoms with Crippen LogP contribution in [0.1, 0.15) is 6.92 Å². The van der Waals surface area contributed by atoms with Gasteiger partial charge in [0.15, 0.2) is 5.58 Å². The van der Waals surface area contributed by atoms with Crippen molar-refractivity contribution in [2.45, 2.75) is 17.4 Å². The Balaban J connectivity index is 1.70. The highest BCUT2D eigenvalue weighted by molar-refractivity contribution is 8.00. The fraction of sp³-hybridized carbons (Fsp3) is 0.429. The number of halogens is 1. The molecule has 1 aliphatic heterocycles. The van der Waals surface area contributed by atoms with E-state index in [0.717, 1.165) is 0 Å². The molecule has 1 fully saturated rings. The van der Waals surface area contributed by atoms with Gasteiger partial charge in [-0.05, 0) is 25.1 Å². The number of benzene rings is 1. The fourth-order valence-corrected chi connectivity index (χ4v) is 3.18. The van der Waals surface area contributed by atoms with E-state index >= 15 is 0 Å². The molecule has 1 amide bonds. The molecule has 21 heavy (non-hydrogen) atoms. The first kappa shape index (κ1) is 14.7. The second-order valence-corrected chi connectivity index (χ2v) is 6.52. The van der Waals surface area contributed by atoms with Gasteiger partial charge in [0.1, 0.15) is 5.52 Å². The molecule has 7 heteroatoms. The highest BCUT2D eigenvalue weighted by Gasteiger charge is 2.24. The van der Waals surface area contributed by atoms with Gasteiger partial charge in [-0.3, -0.25) is 4.79 Å². The lowest BCUT2D eigenvalue weighted by atomic mass is 10.3. The summed E-state index contributed by atoms with van der Waals surface area (Å²) in [6.07, 6.45) is 0. The number of ether oxygens (including phenoxy) is 1. The molecule has 2 heterocycles. The molecule has 5 nitrogen and oxygen atoms in total. The number of hydrogen-bond donors (Lipinski definition) is 0. The van der Waals surface area contributed by atoms with Gasteiger partial charge in [-0.25, -0.2) is 4.98 Å². The van der Waals surface area contributed by atoms with Gasteiger partial charge in [0, 0.05) is 18.1 Å². The maximum Gasteiger partial charge on any atom is 0.257 e. The highest BCUT2D eigenvalue weighted by atomic mass is 35.5. The van der Waals surface area contributed by atoms with Crippen molar-refractivity contribution in [3.8, 4) is 0 Å². The molecule has 0 saturated carbocycles. The number of rotatable bonds is 3. The van der Waals surface area contributed by atoms with Crippen molar-refractivity contribution < 1.29 is 13.9 Å². The lowest BCUT2D eigenvalue weighted by Gasteiger charge is -2.28. The number of morpholine rings is 1. The van der Waals surface area contributed by atoms with E-state index in [1.807, 2.05) is 11.8 Å². The molecule has 1 saturated heterocycles. The molecule has 2 aromatic rings. The Kier molecular flexibility index (Phi) is 4.37. The van der Waals surface area contributed by atoms with Crippen molar-refractivity contribution in [2.75, 3.05) is 26.3 Å². The van der Waals surface area contributed by atoms with Gasteiger partial charge in [0.2, 0.25) is 5.91 Å². The zero-order chi connectivity index (χ0) is 14.8. The fourth-order valence-electron chi connectivity index (χ4n) is 2.17. The van der Waals surface area contributed by atoms with Crippen LogP contribution in [0.3, 0.4) is 0 Å². The van der Waals surface area contributed by atoms with E-state index in [1.54, 1.807) is 18.2 Å². The van der Waals surface area contributed by atoms with E-state index < -0.39 is 0 Å². The van der Waals surface area contributed by atoms with Crippen LogP contribution in [0.25, 0.3) is 11.1 Å². The normalized spacial score (nSPS) is 17.1. The third-order valence-corrected chi connectivity index (χ3v) is 4.44. The molecule has 3 rings (SSSR count). The van der Waals surface area contributed by atoms with Gasteiger partial charge in [-0.2, -0.15) is 0 Å². The molecule has 0 N–H and O–H groups in total. The largest absolute Gasteiger partial charge is 0.431 e. The molecular weight excluding hydrogens is 312 g/mol. The number of amides is 1. The van der Waals surface area contributed by atoms with Gasteiger partial charge in [0.05, 0.1) is 18.5 Å². The average Bonchev–Trinajstić information content (AvgIpc) is 2.88. The molecule has 1 unspecified atom stereocenters. The number of carbonyl (C=O) groups is 1. The second kappa shape index (κ2) is 6.25. The van der Waals surface area contributed by atoms with Crippen LogP contribution >= 0.6 is 23.4 Å². The Morgan fingerprint density at radius 3 is 2.95 bits per heavy atom. The van der Waals surface area contributed by atoms with Gasteiger partial charge >= 0.3 is 0 Å². The molecule has 0 bridgehead atoms. The van der Waals surface area contributed by atoms with Crippen LogP contribution in [0.4, 0.5) is 0 Å². The average molecular weight is 327 g/mol. The number of oxazole rings is 1. The van der Waals surface area contributed by atoms with Crippen LogP contribution < -0.4 is 0 Å². The van der Waals surface area contributed by atoms with Crippen LogP contribution in [0.2, 0.25) is 5.02 Å².